The van der Waals surface area contributed by atoms with Gasteiger partial charge in [0.25, 0.3) is 0 Å². The minimum absolute atomic E-state index is 0.349. The first kappa shape index (κ1) is 13.4. The van der Waals surface area contributed by atoms with Crippen LogP contribution in [0.15, 0.2) is 18.2 Å². The molecule has 2 atom stereocenters. The molecule has 0 saturated heterocycles. The van der Waals surface area contributed by atoms with Crippen LogP contribution in [0, 0.1) is 12.8 Å². The van der Waals surface area contributed by atoms with Crippen LogP contribution >= 0.6 is 0 Å². The number of ether oxygens (including phenoxy) is 1. The van der Waals surface area contributed by atoms with Crippen molar-refractivity contribution in [1.82, 2.24) is 0 Å². The summed E-state index contributed by atoms with van der Waals surface area (Å²) in [7, 11) is 1.68. The highest BCUT2D eigenvalue weighted by Crippen LogP contribution is 2.46. The number of aryl methyl sites for hydroxylation is 1. The second kappa shape index (κ2) is 5.31. The van der Waals surface area contributed by atoms with Crippen molar-refractivity contribution in [1.29, 1.82) is 0 Å². The third-order valence-electron chi connectivity index (χ3n) is 4.35. The maximum absolute atomic E-state index is 11.2. The van der Waals surface area contributed by atoms with E-state index in [0.717, 1.165) is 37.0 Å². The highest BCUT2D eigenvalue weighted by atomic mass is 16.5. The molecule has 0 spiro atoms. The van der Waals surface area contributed by atoms with Gasteiger partial charge in [0.2, 0.25) is 0 Å². The van der Waals surface area contributed by atoms with Gasteiger partial charge in [-0.05, 0) is 37.8 Å². The Morgan fingerprint density at radius 3 is 2.83 bits per heavy atom. The van der Waals surface area contributed by atoms with Gasteiger partial charge in [0, 0.05) is 5.56 Å². The molecule has 100 valence electrons. The summed E-state index contributed by atoms with van der Waals surface area (Å²) in [6, 6.07) is 6.10. The normalized spacial score (nSPS) is 28.1. The molecular weight excluding hydrogens is 224 g/mol. The van der Waals surface area contributed by atoms with Crippen molar-refractivity contribution >= 4 is 0 Å². The second-order valence-electron chi connectivity index (χ2n) is 5.48. The maximum atomic E-state index is 11.2. The number of rotatable bonds is 3. The Bertz CT molecular complexity index is 414. The summed E-state index contributed by atoms with van der Waals surface area (Å²) in [5.74, 6) is 1.17. The second-order valence-corrected chi connectivity index (χ2v) is 5.48. The van der Waals surface area contributed by atoms with Gasteiger partial charge in [-0.2, -0.15) is 0 Å². The smallest absolute Gasteiger partial charge is 0.124 e. The van der Waals surface area contributed by atoms with Gasteiger partial charge in [0.05, 0.1) is 12.7 Å². The van der Waals surface area contributed by atoms with E-state index in [-0.39, 0.29) is 0 Å². The summed E-state index contributed by atoms with van der Waals surface area (Å²) < 4.78 is 5.45. The van der Waals surface area contributed by atoms with Crippen LogP contribution in [0.3, 0.4) is 0 Å². The number of benzene rings is 1. The Morgan fingerprint density at radius 1 is 1.39 bits per heavy atom. The van der Waals surface area contributed by atoms with Crippen LogP contribution in [0.4, 0.5) is 0 Å². The monoisotopic (exact) mass is 248 g/mol. The highest BCUT2D eigenvalue weighted by Gasteiger charge is 2.41. The molecule has 1 aromatic carbocycles. The Labute approximate surface area is 110 Å². The molecule has 0 amide bonds. The topological polar surface area (TPSA) is 29.5 Å². The van der Waals surface area contributed by atoms with Crippen LogP contribution in [0.1, 0.15) is 50.2 Å². The zero-order valence-corrected chi connectivity index (χ0v) is 11.7. The SMILES string of the molecule is CCC1CCCCC1(O)c1cc(C)ccc1OC. The lowest BCUT2D eigenvalue weighted by Gasteiger charge is -2.41. The Hall–Kier alpha value is -1.02. The average molecular weight is 248 g/mol. The molecule has 0 bridgehead atoms. The molecule has 0 aliphatic heterocycles. The van der Waals surface area contributed by atoms with E-state index in [4.69, 9.17) is 4.74 Å². The lowest BCUT2D eigenvalue weighted by atomic mass is 9.70. The van der Waals surface area contributed by atoms with Crippen molar-refractivity contribution in [2.24, 2.45) is 5.92 Å². The van der Waals surface area contributed by atoms with Crippen molar-refractivity contribution in [2.45, 2.75) is 51.6 Å². The van der Waals surface area contributed by atoms with Crippen molar-refractivity contribution < 1.29 is 9.84 Å². The first-order chi connectivity index (χ1) is 8.61. The fourth-order valence-corrected chi connectivity index (χ4v) is 3.28. The predicted octanol–water partition coefficient (Wildman–Crippen LogP) is 3.79. The summed E-state index contributed by atoms with van der Waals surface area (Å²) in [6.45, 7) is 4.24. The van der Waals surface area contributed by atoms with Crippen molar-refractivity contribution in [3.8, 4) is 5.75 Å². The Balaban J connectivity index is 2.46. The summed E-state index contributed by atoms with van der Waals surface area (Å²) in [4.78, 5) is 0. The average Bonchev–Trinajstić information content (AvgIpc) is 2.39. The molecule has 2 heteroatoms. The van der Waals surface area contributed by atoms with E-state index in [0.29, 0.717) is 5.92 Å². The predicted molar refractivity (Wildman–Crippen MR) is 73.9 cm³/mol. The Morgan fingerprint density at radius 2 is 2.17 bits per heavy atom. The summed E-state index contributed by atoms with van der Waals surface area (Å²) in [6.07, 6.45) is 5.32. The van der Waals surface area contributed by atoms with Gasteiger partial charge < -0.3 is 9.84 Å². The van der Waals surface area contributed by atoms with Crippen molar-refractivity contribution in [3.63, 3.8) is 0 Å². The summed E-state index contributed by atoms with van der Waals surface area (Å²) in [5.41, 5.74) is 1.46. The fourth-order valence-electron chi connectivity index (χ4n) is 3.28. The minimum Gasteiger partial charge on any atom is -0.496 e. The van der Waals surface area contributed by atoms with Gasteiger partial charge in [-0.3, -0.25) is 0 Å². The van der Waals surface area contributed by atoms with Gasteiger partial charge in [-0.15, -0.1) is 0 Å². The van der Waals surface area contributed by atoms with E-state index in [2.05, 4.69) is 19.9 Å². The fraction of sp³-hybridized carbons (Fsp3) is 0.625. The first-order valence-electron chi connectivity index (χ1n) is 6.99. The van der Waals surface area contributed by atoms with Gasteiger partial charge in [-0.1, -0.05) is 37.8 Å². The van der Waals surface area contributed by atoms with Crippen molar-refractivity contribution in [2.75, 3.05) is 7.11 Å². The summed E-state index contributed by atoms with van der Waals surface area (Å²) >= 11 is 0. The molecule has 1 aliphatic rings. The number of aliphatic hydroxyl groups is 1. The number of hydrogen-bond acceptors (Lipinski definition) is 2. The van der Waals surface area contributed by atoms with Crippen LogP contribution in [-0.2, 0) is 5.60 Å². The van der Waals surface area contributed by atoms with Gasteiger partial charge in [-0.25, -0.2) is 0 Å². The van der Waals surface area contributed by atoms with E-state index in [9.17, 15) is 5.11 Å². The van der Waals surface area contributed by atoms with Crippen LogP contribution in [-0.4, -0.2) is 12.2 Å². The van der Waals surface area contributed by atoms with Crippen LogP contribution in [0.25, 0.3) is 0 Å². The third-order valence-corrected chi connectivity index (χ3v) is 4.35. The first-order valence-corrected chi connectivity index (χ1v) is 6.99. The molecular formula is C16H24O2. The lowest BCUT2D eigenvalue weighted by Crippen LogP contribution is -2.38. The van der Waals surface area contributed by atoms with Gasteiger partial charge >= 0.3 is 0 Å². The molecule has 2 unspecified atom stereocenters. The van der Waals surface area contributed by atoms with E-state index in [1.54, 1.807) is 7.11 Å². The van der Waals surface area contributed by atoms with E-state index >= 15 is 0 Å². The quantitative estimate of drug-likeness (QED) is 0.881. The van der Waals surface area contributed by atoms with Gasteiger partial charge in [0.15, 0.2) is 0 Å². The lowest BCUT2D eigenvalue weighted by molar-refractivity contribution is -0.0572. The van der Waals surface area contributed by atoms with Crippen LogP contribution in [0.5, 0.6) is 5.75 Å². The van der Waals surface area contributed by atoms with E-state index in [1.807, 2.05) is 12.1 Å². The molecule has 1 saturated carbocycles. The van der Waals surface area contributed by atoms with Gasteiger partial charge in [0.1, 0.15) is 5.75 Å². The van der Waals surface area contributed by atoms with E-state index in [1.165, 1.54) is 12.0 Å². The zero-order valence-electron chi connectivity index (χ0n) is 11.7. The molecule has 2 rings (SSSR count). The number of methoxy groups -OCH3 is 1. The summed E-state index contributed by atoms with van der Waals surface area (Å²) in [5, 5.41) is 11.2. The third kappa shape index (κ3) is 2.26. The standard InChI is InChI=1S/C16H24O2/c1-4-13-7-5-6-10-16(13,17)14-11-12(2)8-9-15(14)18-3/h8-9,11,13,17H,4-7,10H2,1-3H3. The van der Waals surface area contributed by atoms with Crippen LogP contribution in [0.2, 0.25) is 0 Å². The molecule has 1 fully saturated rings. The molecule has 1 aliphatic carbocycles. The maximum Gasteiger partial charge on any atom is 0.124 e. The van der Waals surface area contributed by atoms with Crippen LogP contribution < -0.4 is 4.74 Å². The molecule has 0 radical (unpaired) electrons. The zero-order chi connectivity index (χ0) is 13.2. The van der Waals surface area contributed by atoms with Crippen molar-refractivity contribution in [3.05, 3.63) is 29.3 Å². The molecule has 18 heavy (non-hydrogen) atoms. The highest BCUT2D eigenvalue weighted by molar-refractivity contribution is 5.41. The molecule has 2 nitrogen and oxygen atoms in total. The largest absolute Gasteiger partial charge is 0.496 e. The van der Waals surface area contributed by atoms with E-state index < -0.39 is 5.60 Å². The molecule has 0 heterocycles. The Kier molecular flexibility index (Phi) is 3.96. The molecule has 0 aromatic heterocycles. The molecule has 1 N–H and O–H groups in total. The molecule has 1 aromatic rings. The minimum atomic E-state index is -0.704. The number of hydrogen-bond donors (Lipinski definition) is 1.